The maximum Gasteiger partial charge on any atom is 0.253 e. The average Bonchev–Trinajstić information content (AvgIpc) is 2.73. The van der Waals surface area contributed by atoms with E-state index in [1.807, 2.05) is 43.3 Å². The van der Waals surface area contributed by atoms with E-state index in [0.29, 0.717) is 18.7 Å². The lowest BCUT2D eigenvalue weighted by Crippen LogP contribution is -2.39. The lowest BCUT2D eigenvalue weighted by Gasteiger charge is -2.29. The molecule has 1 aliphatic heterocycles. The van der Waals surface area contributed by atoms with E-state index in [0.717, 1.165) is 40.4 Å². The van der Waals surface area contributed by atoms with Gasteiger partial charge in [0, 0.05) is 35.6 Å². The van der Waals surface area contributed by atoms with Crippen LogP contribution in [0.15, 0.2) is 53.3 Å². The van der Waals surface area contributed by atoms with Crippen LogP contribution in [0.1, 0.15) is 28.8 Å². The number of rotatable bonds is 2. The molecule has 3 aromatic rings. The topological polar surface area (TPSA) is 77.0 Å². The van der Waals surface area contributed by atoms with Crippen molar-refractivity contribution in [1.82, 2.24) is 9.88 Å². The fourth-order valence-electron chi connectivity index (χ4n) is 3.86. The van der Waals surface area contributed by atoms with E-state index in [1.54, 1.807) is 11.0 Å². The van der Waals surface area contributed by atoms with Gasteiger partial charge in [-0.25, -0.2) is 0 Å². The molecule has 28 heavy (non-hydrogen) atoms. The Morgan fingerprint density at radius 2 is 1.89 bits per heavy atom. The number of nitrogens with one attached hydrogen (secondary N) is 1. The number of aromatic nitrogens is 1. The fraction of sp³-hybridized carbons (Fsp3) is 0.261. The second-order valence-electron chi connectivity index (χ2n) is 7.37. The van der Waals surface area contributed by atoms with Crippen molar-refractivity contribution in [2.75, 3.05) is 13.1 Å². The van der Waals surface area contributed by atoms with E-state index in [9.17, 15) is 9.59 Å². The summed E-state index contributed by atoms with van der Waals surface area (Å²) in [4.78, 5) is 29.0. The number of amides is 1. The van der Waals surface area contributed by atoms with Crippen LogP contribution in [0.5, 0.6) is 0 Å². The highest BCUT2D eigenvalue weighted by Gasteiger charge is 2.24. The molecule has 0 bridgehead atoms. The SMILES string of the molecule is Cc1cc(=O)[nH]c2ccc(-c3ccc(C(=O)N4CCC[C@H](C#N)C4)cc3)cc12. The molecule has 5 nitrogen and oxygen atoms in total. The second kappa shape index (κ2) is 7.32. The first-order valence-corrected chi connectivity index (χ1v) is 9.48. The third-order valence-corrected chi connectivity index (χ3v) is 5.41. The van der Waals surface area contributed by atoms with Gasteiger partial charge in [-0.15, -0.1) is 0 Å². The highest BCUT2D eigenvalue weighted by atomic mass is 16.2. The highest BCUT2D eigenvalue weighted by molar-refractivity contribution is 5.95. The van der Waals surface area contributed by atoms with Gasteiger partial charge in [-0.1, -0.05) is 18.2 Å². The van der Waals surface area contributed by atoms with Gasteiger partial charge in [-0.05, 0) is 60.7 Å². The quantitative estimate of drug-likeness (QED) is 0.743. The van der Waals surface area contributed by atoms with Gasteiger partial charge in [0.2, 0.25) is 5.56 Å². The van der Waals surface area contributed by atoms with Crippen LogP contribution in [0.4, 0.5) is 0 Å². The molecule has 1 N–H and O–H groups in total. The molecular formula is C23H21N3O2. The van der Waals surface area contributed by atoms with Crippen molar-refractivity contribution in [2.45, 2.75) is 19.8 Å². The van der Waals surface area contributed by atoms with Crippen molar-refractivity contribution in [1.29, 1.82) is 5.26 Å². The maximum atomic E-state index is 12.7. The molecule has 2 aromatic carbocycles. The van der Waals surface area contributed by atoms with Crippen LogP contribution in [0.3, 0.4) is 0 Å². The Bertz CT molecular complexity index is 1140. The van der Waals surface area contributed by atoms with Crippen molar-refractivity contribution in [3.05, 3.63) is 70.0 Å². The summed E-state index contributed by atoms with van der Waals surface area (Å²) in [7, 11) is 0. The number of piperidine rings is 1. The molecule has 0 unspecified atom stereocenters. The molecule has 0 saturated carbocycles. The third kappa shape index (κ3) is 3.41. The van der Waals surface area contributed by atoms with Crippen molar-refractivity contribution in [3.63, 3.8) is 0 Å². The number of aryl methyl sites for hydroxylation is 1. The monoisotopic (exact) mass is 371 g/mol. The molecule has 140 valence electrons. The number of carbonyl (C=O) groups excluding carboxylic acids is 1. The minimum atomic E-state index is -0.100. The normalized spacial score (nSPS) is 16.7. The number of pyridine rings is 1. The largest absolute Gasteiger partial charge is 0.337 e. The number of nitriles is 1. The maximum absolute atomic E-state index is 12.7. The van der Waals surface area contributed by atoms with Gasteiger partial charge < -0.3 is 9.88 Å². The number of H-pyrrole nitrogens is 1. The van der Waals surface area contributed by atoms with Crippen molar-refractivity contribution in [2.24, 2.45) is 5.92 Å². The van der Waals surface area contributed by atoms with Crippen LogP contribution in [0.25, 0.3) is 22.0 Å². The van der Waals surface area contributed by atoms with Crippen LogP contribution in [-0.2, 0) is 0 Å². The van der Waals surface area contributed by atoms with Crippen molar-refractivity contribution in [3.8, 4) is 17.2 Å². The number of hydrogen-bond donors (Lipinski definition) is 1. The van der Waals surface area contributed by atoms with E-state index in [4.69, 9.17) is 5.26 Å². The summed E-state index contributed by atoms with van der Waals surface area (Å²) in [6.45, 7) is 3.15. The summed E-state index contributed by atoms with van der Waals surface area (Å²) in [6, 6.07) is 17.4. The van der Waals surface area contributed by atoms with Gasteiger partial charge in [0.1, 0.15) is 0 Å². The van der Waals surface area contributed by atoms with Gasteiger partial charge in [0.25, 0.3) is 5.91 Å². The molecule has 0 spiro atoms. The number of benzene rings is 2. The number of likely N-dealkylation sites (tertiary alicyclic amines) is 1. The summed E-state index contributed by atoms with van der Waals surface area (Å²) in [5.74, 6) is -0.0808. The Morgan fingerprint density at radius 3 is 2.64 bits per heavy atom. The molecule has 0 radical (unpaired) electrons. The Hall–Kier alpha value is -3.39. The van der Waals surface area contributed by atoms with E-state index in [-0.39, 0.29) is 17.4 Å². The lowest BCUT2D eigenvalue weighted by molar-refractivity contribution is 0.0699. The molecule has 1 saturated heterocycles. The lowest BCUT2D eigenvalue weighted by atomic mass is 9.98. The summed E-state index contributed by atoms with van der Waals surface area (Å²) in [5.41, 5.74) is 4.34. The van der Waals surface area contributed by atoms with Crippen LogP contribution in [0.2, 0.25) is 0 Å². The first kappa shape index (κ1) is 18.0. The average molecular weight is 371 g/mol. The fourth-order valence-corrected chi connectivity index (χ4v) is 3.86. The molecule has 4 rings (SSSR count). The van der Waals surface area contributed by atoms with E-state index in [1.165, 1.54) is 0 Å². The van der Waals surface area contributed by atoms with Crippen molar-refractivity contribution < 1.29 is 4.79 Å². The Balaban J connectivity index is 1.60. The zero-order valence-corrected chi connectivity index (χ0v) is 15.7. The second-order valence-corrected chi connectivity index (χ2v) is 7.37. The van der Waals surface area contributed by atoms with Gasteiger partial charge in [0.15, 0.2) is 0 Å². The number of nitrogens with zero attached hydrogens (tertiary/aromatic N) is 2. The van der Waals surface area contributed by atoms with E-state index < -0.39 is 0 Å². The van der Waals surface area contributed by atoms with Gasteiger partial charge in [-0.3, -0.25) is 9.59 Å². The molecule has 1 amide bonds. The number of aromatic amines is 1. The molecule has 2 heterocycles. The number of carbonyl (C=O) groups is 1. The first-order chi connectivity index (χ1) is 13.5. The zero-order chi connectivity index (χ0) is 19.7. The minimum absolute atomic E-state index is 0.0153. The number of hydrogen-bond acceptors (Lipinski definition) is 3. The molecule has 1 aliphatic rings. The summed E-state index contributed by atoms with van der Waals surface area (Å²) in [6.07, 6.45) is 1.74. The summed E-state index contributed by atoms with van der Waals surface area (Å²) >= 11 is 0. The Labute approximate surface area is 163 Å². The van der Waals surface area contributed by atoms with Crippen LogP contribution >= 0.6 is 0 Å². The molecule has 1 atom stereocenters. The number of fused-ring (bicyclic) bond motifs is 1. The first-order valence-electron chi connectivity index (χ1n) is 9.48. The smallest absolute Gasteiger partial charge is 0.253 e. The van der Waals surface area contributed by atoms with Crippen LogP contribution in [0, 0.1) is 24.2 Å². The van der Waals surface area contributed by atoms with Crippen molar-refractivity contribution >= 4 is 16.8 Å². The van der Waals surface area contributed by atoms with Gasteiger partial charge in [-0.2, -0.15) is 5.26 Å². The predicted octanol–water partition coefficient (Wildman–Crippen LogP) is 3.88. The Kier molecular flexibility index (Phi) is 4.70. The minimum Gasteiger partial charge on any atom is -0.337 e. The molecule has 1 aromatic heterocycles. The zero-order valence-electron chi connectivity index (χ0n) is 15.7. The summed E-state index contributed by atoms with van der Waals surface area (Å²) in [5, 5.41) is 10.1. The van der Waals surface area contributed by atoms with Crippen LogP contribution in [-0.4, -0.2) is 28.9 Å². The highest BCUT2D eigenvalue weighted by Crippen LogP contribution is 2.26. The van der Waals surface area contributed by atoms with Gasteiger partial charge >= 0.3 is 0 Å². The molecule has 5 heteroatoms. The molecule has 0 aliphatic carbocycles. The molecular weight excluding hydrogens is 350 g/mol. The molecule has 1 fully saturated rings. The van der Waals surface area contributed by atoms with E-state index in [2.05, 4.69) is 17.1 Å². The third-order valence-electron chi connectivity index (χ3n) is 5.41. The Morgan fingerprint density at radius 1 is 1.14 bits per heavy atom. The standard InChI is InChI=1S/C23H21N3O2/c1-15-11-22(27)25-21-9-8-19(12-20(15)21)17-4-6-18(7-5-17)23(28)26-10-2-3-16(13-24)14-26/h4-9,11-12,16H,2-3,10,14H2,1H3,(H,25,27)/t16-/m1/s1. The van der Waals surface area contributed by atoms with E-state index >= 15 is 0 Å². The van der Waals surface area contributed by atoms with Gasteiger partial charge in [0.05, 0.1) is 12.0 Å². The predicted molar refractivity (Wildman–Crippen MR) is 109 cm³/mol. The van der Waals surface area contributed by atoms with Crippen LogP contribution < -0.4 is 5.56 Å². The summed E-state index contributed by atoms with van der Waals surface area (Å²) < 4.78 is 0.